The van der Waals surface area contributed by atoms with Gasteiger partial charge in [0.25, 0.3) is 0 Å². The van der Waals surface area contributed by atoms with Crippen LogP contribution >= 0.6 is 0 Å². The van der Waals surface area contributed by atoms with Crippen molar-refractivity contribution in [1.29, 1.82) is 0 Å². The quantitative estimate of drug-likeness (QED) is 0.483. The van der Waals surface area contributed by atoms with Crippen LogP contribution in [-0.4, -0.2) is 19.2 Å². The lowest BCUT2D eigenvalue weighted by atomic mass is 10.2. The number of hydrogen-bond donors (Lipinski definition) is 1. The Bertz CT molecular complexity index is 404. The minimum absolute atomic E-state index is 0.280. The van der Waals surface area contributed by atoms with Gasteiger partial charge < -0.3 is 19.9 Å². The van der Waals surface area contributed by atoms with Crippen LogP contribution in [0.25, 0.3) is 0 Å². The molecular formula is C12H17NO4. The number of anilines is 1. The number of nitrogen functional groups attached to an aromatic ring is 1. The van der Waals surface area contributed by atoms with Crippen LogP contribution in [0.15, 0.2) is 12.1 Å². The molecule has 0 heterocycles. The molecule has 1 rings (SSSR count). The summed E-state index contributed by atoms with van der Waals surface area (Å²) in [4.78, 5) is 11.0. The predicted octanol–water partition coefficient (Wildman–Crippen LogP) is 1.99. The first kappa shape index (κ1) is 13.2. The third-order valence-electron chi connectivity index (χ3n) is 1.89. The summed E-state index contributed by atoms with van der Waals surface area (Å²) >= 11 is 0. The second-order valence-corrected chi connectivity index (χ2v) is 3.31. The molecule has 17 heavy (non-hydrogen) atoms. The number of esters is 1. The standard InChI is InChI=1S/C12H17NO4/c1-4-15-10-6-9(13)7-11(17-8(3)14)12(10)16-5-2/h6-7H,4-5,13H2,1-3H3. The molecule has 0 aliphatic carbocycles. The molecule has 0 atom stereocenters. The van der Waals surface area contributed by atoms with Crippen molar-refractivity contribution in [2.75, 3.05) is 18.9 Å². The van der Waals surface area contributed by atoms with E-state index in [2.05, 4.69) is 0 Å². The fraction of sp³-hybridized carbons (Fsp3) is 0.417. The summed E-state index contributed by atoms with van der Waals surface area (Å²) in [6.45, 7) is 5.93. The summed E-state index contributed by atoms with van der Waals surface area (Å²) in [6, 6.07) is 3.18. The molecule has 0 bridgehead atoms. The van der Waals surface area contributed by atoms with Crippen LogP contribution in [0.5, 0.6) is 17.2 Å². The normalized spacial score (nSPS) is 9.82. The summed E-state index contributed by atoms with van der Waals surface area (Å²) in [5, 5.41) is 0. The van der Waals surface area contributed by atoms with E-state index < -0.39 is 5.97 Å². The molecule has 0 spiro atoms. The van der Waals surface area contributed by atoms with Gasteiger partial charge in [-0.1, -0.05) is 0 Å². The third kappa shape index (κ3) is 3.55. The molecule has 1 aromatic rings. The smallest absolute Gasteiger partial charge is 0.308 e. The van der Waals surface area contributed by atoms with Gasteiger partial charge in [0.2, 0.25) is 5.75 Å². The Labute approximate surface area is 100 Å². The molecule has 94 valence electrons. The fourth-order valence-corrected chi connectivity index (χ4v) is 1.38. The zero-order chi connectivity index (χ0) is 12.8. The third-order valence-corrected chi connectivity index (χ3v) is 1.89. The van der Waals surface area contributed by atoms with Crippen LogP contribution in [-0.2, 0) is 4.79 Å². The summed E-state index contributed by atoms with van der Waals surface area (Å²) < 4.78 is 15.9. The molecule has 0 radical (unpaired) electrons. The molecule has 0 aliphatic rings. The monoisotopic (exact) mass is 239 g/mol. The molecule has 0 aromatic heterocycles. The van der Waals surface area contributed by atoms with Gasteiger partial charge in [0.15, 0.2) is 11.5 Å². The number of nitrogens with two attached hydrogens (primary N) is 1. The predicted molar refractivity (Wildman–Crippen MR) is 64.5 cm³/mol. The highest BCUT2D eigenvalue weighted by Gasteiger charge is 2.15. The topological polar surface area (TPSA) is 70.8 Å². The molecule has 1 aromatic carbocycles. The Hall–Kier alpha value is -1.91. The van der Waals surface area contributed by atoms with E-state index in [-0.39, 0.29) is 5.75 Å². The van der Waals surface area contributed by atoms with Gasteiger partial charge in [0.1, 0.15) is 0 Å². The molecule has 5 nitrogen and oxygen atoms in total. The minimum atomic E-state index is -0.431. The highest BCUT2D eigenvalue weighted by atomic mass is 16.6. The molecular weight excluding hydrogens is 222 g/mol. The Kier molecular flexibility index (Phi) is 4.63. The molecule has 0 saturated heterocycles. The van der Waals surface area contributed by atoms with Crippen molar-refractivity contribution in [2.45, 2.75) is 20.8 Å². The van der Waals surface area contributed by atoms with E-state index in [4.69, 9.17) is 19.9 Å². The summed E-state index contributed by atoms with van der Waals surface area (Å²) in [5.41, 5.74) is 6.16. The van der Waals surface area contributed by atoms with Crippen molar-refractivity contribution in [3.8, 4) is 17.2 Å². The van der Waals surface area contributed by atoms with Gasteiger partial charge in [0.05, 0.1) is 13.2 Å². The average Bonchev–Trinajstić information content (AvgIpc) is 2.22. The maximum atomic E-state index is 11.0. The van der Waals surface area contributed by atoms with Crippen LogP contribution in [0.1, 0.15) is 20.8 Å². The van der Waals surface area contributed by atoms with Crippen LogP contribution in [0.2, 0.25) is 0 Å². The maximum Gasteiger partial charge on any atom is 0.308 e. The number of ether oxygens (including phenoxy) is 3. The molecule has 0 unspecified atom stereocenters. The van der Waals surface area contributed by atoms with E-state index in [9.17, 15) is 4.79 Å². The number of rotatable bonds is 5. The zero-order valence-electron chi connectivity index (χ0n) is 10.3. The van der Waals surface area contributed by atoms with E-state index in [1.807, 2.05) is 13.8 Å². The van der Waals surface area contributed by atoms with E-state index in [1.165, 1.54) is 13.0 Å². The van der Waals surface area contributed by atoms with E-state index in [0.29, 0.717) is 30.4 Å². The van der Waals surface area contributed by atoms with Crippen LogP contribution < -0.4 is 19.9 Å². The molecule has 0 amide bonds. The lowest BCUT2D eigenvalue weighted by Gasteiger charge is -2.15. The first-order valence-corrected chi connectivity index (χ1v) is 5.46. The molecule has 0 fully saturated rings. The van der Waals surface area contributed by atoms with Gasteiger partial charge in [-0.2, -0.15) is 0 Å². The highest BCUT2D eigenvalue weighted by molar-refractivity contribution is 5.72. The van der Waals surface area contributed by atoms with Crippen LogP contribution in [0.4, 0.5) is 5.69 Å². The number of carbonyl (C=O) groups is 1. The molecule has 2 N–H and O–H groups in total. The first-order valence-electron chi connectivity index (χ1n) is 5.46. The number of benzene rings is 1. The van der Waals surface area contributed by atoms with Gasteiger partial charge in [-0.05, 0) is 13.8 Å². The Morgan fingerprint density at radius 2 is 1.76 bits per heavy atom. The molecule has 0 saturated carbocycles. The van der Waals surface area contributed by atoms with Crippen LogP contribution in [0, 0.1) is 0 Å². The molecule has 0 aliphatic heterocycles. The highest BCUT2D eigenvalue weighted by Crippen LogP contribution is 2.39. The number of hydrogen-bond acceptors (Lipinski definition) is 5. The van der Waals surface area contributed by atoms with Gasteiger partial charge in [-0.15, -0.1) is 0 Å². The lowest BCUT2D eigenvalue weighted by molar-refractivity contribution is -0.132. The summed E-state index contributed by atoms with van der Waals surface area (Å²) in [7, 11) is 0. The summed E-state index contributed by atoms with van der Waals surface area (Å²) in [6.07, 6.45) is 0. The largest absolute Gasteiger partial charge is 0.490 e. The van der Waals surface area contributed by atoms with E-state index >= 15 is 0 Å². The van der Waals surface area contributed by atoms with Gasteiger partial charge >= 0.3 is 5.97 Å². The lowest BCUT2D eigenvalue weighted by Crippen LogP contribution is -2.06. The van der Waals surface area contributed by atoms with E-state index in [0.717, 1.165) is 0 Å². The van der Waals surface area contributed by atoms with Crippen molar-refractivity contribution in [3.05, 3.63) is 12.1 Å². The number of carbonyl (C=O) groups excluding carboxylic acids is 1. The van der Waals surface area contributed by atoms with E-state index in [1.54, 1.807) is 6.07 Å². The van der Waals surface area contributed by atoms with Gasteiger partial charge in [0, 0.05) is 24.7 Å². The van der Waals surface area contributed by atoms with Gasteiger partial charge in [-0.3, -0.25) is 4.79 Å². The first-order chi connectivity index (χ1) is 8.08. The van der Waals surface area contributed by atoms with Crippen LogP contribution in [0.3, 0.4) is 0 Å². The minimum Gasteiger partial charge on any atom is -0.490 e. The average molecular weight is 239 g/mol. The Balaban J connectivity index is 3.18. The zero-order valence-corrected chi connectivity index (χ0v) is 10.3. The second kappa shape index (κ2) is 5.98. The Morgan fingerprint density at radius 1 is 1.18 bits per heavy atom. The maximum absolute atomic E-state index is 11.0. The van der Waals surface area contributed by atoms with Crippen molar-refractivity contribution >= 4 is 11.7 Å². The van der Waals surface area contributed by atoms with Crippen molar-refractivity contribution < 1.29 is 19.0 Å². The fourth-order valence-electron chi connectivity index (χ4n) is 1.38. The van der Waals surface area contributed by atoms with Gasteiger partial charge in [-0.25, -0.2) is 0 Å². The molecule has 5 heteroatoms. The second-order valence-electron chi connectivity index (χ2n) is 3.31. The van der Waals surface area contributed by atoms with Crippen molar-refractivity contribution in [2.24, 2.45) is 0 Å². The van der Waals surface area contributed by atoms with Crippen molar-refractivity contribution in [3.63, 3.8) is 0 Å². The SMILES string of the molecule is CCOc1cc(N)cc(OC(C)=O)c1OCC. The Morgan fingerprint density at radius 3 is 2.29 bits per heavy atom. The summed E-state index contributed by atoms with van der Waals surface area (Å²) in [5.74, 6) is 0.728. The van der Waals surface area contributed by atoms with Crippen molar-refractivity contribution in [1.82, 2.24) is 0 Å².